The molecule has 0 radical (unpaired) electrons. The Morgan fingerprint density at radius 3 is 2.52 bits per heavy atom. The van der Waals surface area contributed by atoms with Gasteiger partial charge in [-0.2, -0.15) is 0 Å². The SMILES string of the molecule is CC1CC(O)CC(n2cnc(-c3cc(Cl)ccc3-n3cc(Cl)nn3)cc2=O)c2cc(F)cc(c2)-c2cc(F)ccc2NC1=O. The van der Waals surface area contributed by atoms with E-state index in [1.165, 1.54) is 58.2 Å². The molecule has 3 heterocycles. The highest BCUT2D eigenvalue weighted by Crippen LogP contribution is 2.35. The number of amides is 1. The molecule has 1 aliphatic heterocycles. The Bertz CT molecular complexity index is 1960. The summed E-state index contributed by atoms with van der Waals surface area (Å²) in [7, 11) is 0. The predicted molar refractivity (Wildman–Crippen MR) is 162 cm³/mol. The average Bonchev–Trinajstić information content (AvgIpc) is 3.42. The third kappa shape index (κ3) is 5.99. The molecule has 0 spiro atoms. The lowest BCUT2D eigenvalue weighted by molar-refractivity contribution is -0.120. The molecular weight excluding hydrogens is 613 g/mol. The molecule has 3 atom stereocenters. The van der Waals surface area contributed by atoms with Gasteiger partial charge < -0.3 is 10.4 Å². The maximum Gasteiger partial charge on any atom is 0.254 e. The number of benzene rings is 3. The minimum absolute atomic E-state index is 0.0304. The fourth-order valence-corrected chi connectivity index (χ4v) is 5.72. The van der Waals surface area contributed by atoms with Crippen LogP contribution < -0.4 is 10.9 Å². The number of carbonyl (C=O) groups excluding carboxylic acids is 1. The van der Waals surface area contributed by atoms with E-state index in [2.05, 4.69) is 20.6 Å². The molecule has 2 aromatic heterocycles. The molecule has 0 saturated carbocycles. The zero-order valence-corrected chi connectivity index (χ0v) is 24.6. The molecule has 2 bridgehead atoms. The lowest BCUT2D eigenvalue weighted by Crippen LogP contribution is -2.31. The summed E-state index contributed by atoms with van der Waals surface area (Å²) in [5.74, 6) is -2.22. The number of hydrogen-bond donors (Lipinski definition) is 2. The van der Waals surface area contributed by atoms with Crippen LogP contribution in [0.15, 0.2) is 78.0 Å². The average molecular weight is 637 g/mol. The van der Waals surface area contributed by atoms with Gasteiger partial charge in [-0.25, -0.2) is 18.4 Å². The van der Waals surface area contributed by atoms with E-state index in [1.54, 1.807) is 31.2 Å². The van der Waals surface area contributed by atoms with Gasteiger partial charge in [-0.05, 0) is 78.6 Å². The van der Waals surface area contributed by atoms with E-state index < -0.39 is 35.3 Å². The molecule has 13 heteroatoms. The summed E-state index contributed by atoms with van der Waals surface area (Å²) in [6, 6.07) is 13.3. The van der Waals surface area contributed by atoms with E-state index in [0.29, 0.717) is 27.5 Å². The van der Waals surface area contributed by atoms with Gasteiger partial charge in [0.2, 0.25) is 5.91 Å². The van der Waals surface area contributed by atoms with Gasteiger partial charge in [-0.3, -0.25) is 14.2 Å². The maximum absolute atomic E-state index is 15.1. The van der Waals surface area contributed by atoms with Crippen LogP contribution in [0.4, 0.5) is 14.5 Å². The molecule has 9 nitrogen and oxygen atoms in total. The summed E-state index contributed by atoms with van der Waals surface area (Å²) in [5, 5.41) is 22.2. The van der Waals surface area contributed by atoms with Crippen molar-refractivity contribution < 1.29 is 18.7 Å². The van der Waals surface area contributed by atoms with Crippen LogP contribution in [0.25, 0.3) is 28.1 Å². The van der Waals surface area contributed by atoms with Crippen molar-refractivity contribution in [2.45, 2.75) is 31.9 Å². The first-order valence-corrected chi connectivity index (χ1v) is 14.4. The van der Waals surface area contributed by atoms with E-state index in [-0.39, 0.29) is 40.7 Å². The van der Waals surface area contributed by atoms with E-state index in [9.17, 15) is 19.1 Å². The number of rotatable bonds is 3. The van der Waals surface area contributed by atoms with Crippen LogP contribution in [-0.4, -0.2) is 41.7 Å². The van der Waals surface area contributed by atoms with Crippen LogP contribution in [0.5, 0.6) is 0 Å². The van der Waals surface area contributed by atoms with Gasteiger partial charge in [0.25, 0.3) is 5.56 Å². The number of aliphatic hydroxyl groups excluding tert-OH is 1. The molecule has 3 unspecified atom stereocenters. The van der Waals surface area contributed by atoms with Crippen molar-refractivity contribution in [1.82, 2.24) is 24.5 Å². The second kappa shape index (κ2) is 11.9. The second-order valence-corrected chi connectivity index (χ2v) is 11.5. The molecule has 2 N–H and O–H groups in total. The van der Waals surface area contributed by atoms with E-state index in [4.69, 9.17) is 23.2 Å². The Morgan fingerprint density at radius 2 is 1.77 bits per heavy atom. The van der Waals surface area contributed by atoms with Gasteiger partial charge in [0, 0.05) is 33.8 Å². The predicted octanol–water partition coefficient (Wildman–Crippen LogP) is 6.06. The van der Waals surface area contributed by atoms with Crippen molar-refractivity contribution in [3.63, 3.8) is 0 Å². The number of aromatic nitrogens is 5. The minimum atomic E-state index is -1.04. The Morgan fingerprint density at radius 1 is 0.955 bits per heavy atom. The Labute approximate surface area is 259 Å². The smallest absolute Gasteiger partial charge is 0.254 e. The number of fused-ring (bicyclic) bond motifs is 4. The lowest BCUT2D eigenvalue weighted by Gasteiger charge is -2.26. The fourth-order valence-electron chi connectivity index (χ4n) is 5.43. The number of aliphatic hydroxyl groups is 1. The first kappa shape index (κ1) is 29.6. The van der Waals surface area contributed by atoms with Crippen molar-refractivity contribution >= 4 is 34.8 Å². The quantitative estimate of drug-likeness (QED) is 0.249. The number of nitrogens with zero attached hydrogens (tertiary/aromatic N) is 5. The Kier molecular flexibility index (Phi) is 8.02. The molecule has 5 aromatic rings. The number of hydrogen-bond acceptors (Lipinski definition) is 6. The summed E-state index contributed by atoms with van der Waals surface area (Å²) >= 11 is 12.2. The molecule has 1 aliphatic rings. The standard InChI is InChI=1S/C31H24Cl2F2N6O3/c1-16-6-22(42)12-28(18-7-17(8-21(35)9-18)23-11-20(34)3-4-25(23)37-31(16)44)40-15-36-26(13-30(40)43)24-10-19(32)2-5-27(24)41-14-29(33)38-39-41/h2-5,7-11,13-16,22,28,42H,6,12H2,1H3,(H,37,44). The van der Waals surface area contributed by atoms with Crippen LogP contribution >= 0.6 is 23.2 Å². The molecule has 3 aromatic carbocycles. The largest absolute Gasteiger partial charge is 0.393 e. The highest BCUT2D eigenvalue weighted by Gasteiger charge is 2.27. The highest BCUT2D eigenvalue weighted by atomic mass is 35.5. The van der Waals surface area contributed by atoms with E-state index in [0.717, 1.165) is 0 Å². The van der Waals surface area contributed by atoms with Crippen molar-refractivity contribution in [3.8, 4) is 28.1 Å². The molecule has 0 aliphatic carbocycles. The fraction of sp³-hybridized carbons (Fsp3) is 0.194. The number of anilines is 1. The number of halogens is 4. The molecule has 0 saturated heterocycles. The highest BCUT2D eigenvalue weighted by molar-refractivity contribution is 6.31. The van der Waals surface area contributed by atoms with Crippen LogP contribution in [0.3, 0.4) is 0 Å². The van der Waals surface area contributed by atoms with Gasteiger partial charge in [-0.15, -0.1) is 5.10 Å². The van der Waals surface area contributed by atoms with Gasteiger partial charge in [-0.1, -0.05) is 35.3 Å². The van der Waals surface area contributed by atoms with Crippen molar-refractivity contribution in [1.29, 1.82) is 0 Å². The topological polar surface area (TPSA) is 115 Å². The molecule has 224 valence electrons. The third-order valence-corrected chi connectivity index (χ3v) is 7.95. The summed E-state index contributed by atoms with van der Waals surface area (Å²) in [6.07, 6.45) is 1.80. The zero-order valence-electron chi connectivity index (χ0n) is 23.1. The monoisotopic (exact) mass is 636 g/mol. The van der Waals surface area contributed by atoms with Crippen molar-refractivity contribution in [3.05, 3.63) is 111 Å². The van der Waals surface area contributed by atoms with Crippen molar-refractivity contribution in [2.24, 2.45) is 5.92 Å². The normalized spacial score (nSPS) is 18.6. The second-order valence-electron chi connectivity index (χ2n) is 10.7. The lowest BCUT2D eigenvalue weighted by atomic mass is 9.91. The third-order valence-electron chi connectivity index (χ3n) is 7.54. The van der Waals surface area contributed by atoms with Gasteiger partial charge in [0.1, 0.15) is 11.6 Å². The van der Waals surface area contributed by atoms with Gasteiger partial charge in [0.15, 0.2) is 5.15 Å². The first-order chi connectivity index (χ1) is 21.0. The molecule has 6 rings (SSSR count). The minimum Gasteiger partial charge on any atom is -0.393 e. The van der Waals surface area contributed by atoms with Gasteiger partial charge >= 0.3 is 0 Å². The molecule has 0 fully saturated rings. The summed E-state index contributed by atoms with van der Waals surface area (Å²) in [5.41, 5.74) is 1.99. The maximum atomic E-state index is 15.1. The van der Waals surface area contributed by atoms with Crippen LogP contribution in [0.1, 0.15) is 31.4 Å². The summed E-state index contributed by atoms with van der Waals surface area (Å²) < 4.78 is 32.2. The molecule has 1 amide bonds. The van der Waals surface area contributed by atoms with Crippen LogP contribution in [0.2, 0.25) is 10.2 Å². The van der Waals surface area contributed by atoms with Crippen LogP contribution in [-0.2, 0) is 4.79 Å². The number of nitrogens with one attached hydrogen (secondary N) is 1. The first-order valence-electron chi connectivity index (χ1n) is 13.6. The number of carbonyl (C=O) groups is 1. The van der Waals surface area contributed by atoms with E-state index >= 15 is 4.39 Å². The molecule has 44 heavy (non-hydrogen) atoms. The zero-order chi connectivity index (χ0) is 31.1. The Hall–Kier alpha value is -4.45. The van der Waals surface area contributed by atoms with Crippen LogP contribution in [0, 0.1) is 17.6 Å². The van der Waals surface area contributed by atoms with Gasteiger partial charge in [0.05, 0.1) is 36.1 Å². The summed E-state index contributed by atoms with van der Waals surface area (Å²) in [6.45, 7) is 1.66. The summed E-state index contributed by atoms with van der Waals surface area (Å²) in [4.78, 5) is 31.2. The molecular formula is C31H24Cl2F2N6O3. The van der Waals surface area contributed by atoms with Crippen molar-refractivity contribution in [2.75, 3.05) is 5.32 Å². The Balaban J connectivity index is 1.49. The van der Waals surface area contributed by atoms with E-state index in [1.807, 2.05) is 0 Å².